The maximum atomic E-state index is 9.80. The van der Waals surface area contributed by atoms with E-state index in [0.29, 0.717) is 11.6 Å². The average molecular weight is 398 g/mol. The van der Waals surface area contributed by atoms with Gasteiger partial charge in [0.1, 0.15) is 17.5 Å². The van der Waals surface area contributed by atoms with Gasteiger partial charge >= 0.3 is 0 Å². The van der Waals surface area contributed by atoms with Crippen molar-refractivity contribution in [3.05, 3.63) is 67.3 Å². The van der Waals surface area contributed by atoms with Gasteiger partial charge in [0.2, 0.25) is 0 Å². The number of aliphatic hydroxyl groups excluding tert-OH is 1. The van der Waals surface area contributed by atoms with Crippen molar-refractivity contribution in [2.75, 3.05) is 23.3 Å². The third-order valence-corrected chi connectivity index (χ3v) is 5.37. The topological polar surface area (TPSA) is 87.1 Å². The van der Waals surface area contributed by atoms with Crippen LogP contribution in [0.25, 0.3) is 22.0 Å². The Morgan fingerprint density at radius 1 is 0.933 bits per heavy atom. The van der Waals surface area contributed by atoms with E-state index in [1.165, 1.54) is 0 Å². The molecule has 1 aliphatic rings. The van der Waals surface area contributed by atoms with Gasteiger partial charge in [-0.2, -0.15) is 0 Å². The molecule has 0 aliphatic carbocycles. The molecule has 0 bridgehead atoms. The first-order valence-corrected chi connectivity index (χ1v) is 10.1. The van der Waals surface area contributed by atoms with E-state index in [9.17, 15) is 5.11 Å². The predicted molar refractivity (Wildman–Crippen MR) is 118 cm³/mol. The lowest BCUT2D eigenvalue weighted by atomic mass is 10.0. The van der Waals surface area contributed by atoms with E-state index in [1.54, 1.807) is 18.6 Å². The van der Waals surface area contributed by atoms with Crippen LogP contribution < -0.4 is 10.2 Å². The molecule has 0 amide bonds. The van der Waals surface area contributed by atoms with Crippen LogP contribution in [0.4, 0.5) is 17.5 Å². The van der Waals surface area contributed by atoms with E-state index < -0.39 is 0 Å². The molecule has 5 rings (SSSR count). The fraction of sp³-hybridized carbons (Fsp3) is 0.217. The van der Waals surface area contributed by atoms with Gasteiger partial charge in [-0.1, -0.05) is 24.3 Å². The first-order valence-electron chi connectivity index (χ1n) is 10.1. The average Bonchev–Trinajstić information content (AvgIpc) is 2.80. The minimum absolute atomic E-state index is 0.209. The van der Waals surface area contributed by atoms with Gasteiger partial charge in [0.05, 0.1) is 18.0 Å². The monoisotopic (exact) mass is 398 g/mol. The summed E-state index contributed by atoms with van der Waals surface area (Å²) in [4.78, 5) is 20.1. The molecule has 0 saturated carbocycles. The van der Waals surface area contributed by atoms with Gasteiger partial charge in [0.25, 0.3) is 0 Å². The van der Waals surface area contributed by atoms with Crippen LogP contribution in [0, 0.1) is 0 Å². The van der Waals surface area contributed by atoms with Gasteiger partial charge in [-0.15, -0.1) is 0 Å². The molecule has 0 atom stereocenters. The Labute approximate surface area is 174 Å². The number of rotatable bonds is 4. The molecule has 7 nitrogen and oxygen atoms in total. The Balaban J connectivity index is 1.55. The number of nitrogens with one attached hydrogen (secondary N) is 1. The normalized spacial score (nSPS) is 14.8. The number of hydrogen-bond acceptors (Lipinski definition) is 7. The maximum Gasteiger partial charge on any atom is 0.150 e. The molecule has 7 heteroatoms. The zero-order chi connectivity index (χ0) is 20.3. The highest BCUT2D eigenvalue weighted by Gasteiger charge is 2.19. The van der Waals surface area contributed by atoms with Gasteiger partial charge in [-0.25, -0.2) is 15.0 Å². The fourth-order valence-electron chi connectivity index (χ4n) is 3.81. The summed E-state index contributed by atoms with van der Waals surface area (Å²) in [6.07, 6.45) is 8.12. The number of fused-ring (bicyclic) bond motifs is 1. The van der Waals surface area contributed by atoms with Gasteiger partial charge < -0.3 is 15.3 Å². The summed E-state index contributed by atoms with van der Waals surface area (Å²) in [5.41, 5.74) is 1.89. The predicted octanol–water partition coefficient (Wildman–Crippen LogP) is 3.79. The van der Waals surface area contributed by atoms with Crippen molar-refractivity contribution >= 4 is 28.2 Å². The van der Waals surface area contributed by atoms with E-state index in [-0.39, 0.29) is 6.10 Å². The van der Waals surface area contributed by atoms with E-state index >= 15 is 0 Å². The van der Waals surface area contributed by atoms with E-state index in [0.717, 1.165) is 53.8 Å². The van der Waals surface area contributed by atoms with Crippen LogP contribution in [0.5, 0.6) is 0 Å². The van der Waals surface area contributed by atoms with Gasteiger partial charge in [0, 0.05) is 42.6 Å². The van der Waals surface area contributed by atoms with E-state index in [4.69, 9.17) is 4.98 Å². The van der Waals surface area contributed by atoms with Gasteiger partial charge in [0.15, 0.2) is 0 Å². The van der Waals surface area contributed by atoms with Crippen molar-refractivity contribution in [1.29, 1.82) is 0 Å². The van der Waals surface area contributed by atoms with Crippen LogP contribution in [0.3, 0.4) is 0 Å². The quantitative estimate of drug-likeness (QED) is 0.541. The first kappa shape index (κ1) is 18.4. The molecule has 1 saturated heterocycles. The molecule has 0 unspecified atom stereocenters. The molecule has 4 aromatic rings. The zero-order valence-corrected chi connectivity index (χ0v) is 16.4. The minimum atomic E-state index is -0.209. The van der Waals surface area contributed by atoms with Crippen molar-refractivity contribution in [3.63, 3.8) is 0 Å². The smallest absolute Gasteiger partial charge is 0.150 e. The Hall–Kier alpha value is -3.58. The molecule has 150 valence electrons. The Morgan fingerprint density at radius 2 is 1.80 bits per heavy atom. The highest BCUT2D eigenvalue weighted by atomic mass is 16.3. The highest BCUT2D eigenvalue weighted by Crippen LogP contribution is 2.31. The molecule has 1 fully saturated rings. The number of hydrogen-bond donors (Lipinski definition) is 2. The number of aromatic nitrogens is 4. The van der Waals surface area contributed by atoms with Crippen molar-refractivity contribution in [3.8, 4) is 11.3 Å². The number of pyridine rings is 2. The number of anilines is 3. The van der Waals surface area contributed by atoms with E-state index in [2.05, 4.69) is 43.4 Å². The van der Waals surface area contributed by atoms with Crippen LogP contribution in [0.1, 0.15) is 12.8 Å². The molecule has 0 radical (unpaired) electrons. The molecule has 1 aromatic carbocycles. The molecule has 0 spiro atoms. The largest absolute Gasteiger partial charge is 0.393 e. The minimum Gasteiger partial charge on any atom is -0.393 e. The Kier molecular flexibility index (Phi) is 4.94. The standard InChI is InChI=1S/C23H22N6O/c30-18-6-11-29(12-7-18)22-14-17(5-8-26-22)23-19-4-2-1-3-16(19)13-20(28-23)27-21-15-24-9-10-25-21/h1-5,8-10,13-15,18,30H,6-7,11-12H2,(H,25,27,28). The van der Waals surface area contributed by atoms with Crippen LogP contribution >= 0.6 is 0 Å². The van der Waals surface area contributed by atoms with Gasteiger partial charge in [-0.3, -0.25) is 4.98 Å². The zero-order valence-electron chi connectivity index (χ0n) is 16.4. The summed E-state index contributed by atoms with van der Waals surface area (Å²) in [5, 5.41) is 15.2. The molecular weight excluding hydrogens is 376 g/mol. The molecule has 3 aromatic heterocycles. The lowest BCUT2D eigenvalue weighted by molar-refractivity contribution is 0.145. The van der Waals surface area contributed by atoms with Gasteiger partial charge in [-0.05, 0) is 36.4 Å². The molecular formula is C23H22N6O. The summed E-state index contributed by atoms with van der Waals surface area (Å²) in [6.45, 7) is 1.61. The summed E-state index contributed by atoms with van der Waals surface area (Å²) in [5.74, 6) is 2.27. The van der Waals surface area contributed by atoms with Crippen LogP contribution in [0.15, 0.2) is 67.3 Å². The van der Waals surface area contributed by atoms with Crippen molar-refractivity contribution < 1.29 is 5.11 Å². The van der Waals surface area contributed by atoms with Crippen molar-refractivity contribution in [2.45, 2.75) is 18.9 Å². The summed E-state index contributed by atoms with van der Waals surface area (Å²) >= 11 is 0. The fourth-order valence-corrected chi connectivity index (χ4v) is 3.81. The van der Waals surface area contributed by atoms with Crippen molar-refractivity contribution in [1.82, 2.24) is 19.9 Å². The second-order valence-corrected chi connectivity index (χ2v) is 7.41. The van der Waals surface area contributed by atoms with Crippen LogP contribution in [0.2, 0.25) is 0 Å². The van der Waals surface area contributed by atoms with Crippen LogP contribution in [-0.4, -0.2) is 44.2 Å². The summed E-state index contributed by atoms with van der Waals surface area (Å²) in [6, 6.07) is 14.3. The number of aliphatic hydroxyl groups is 1. The third kappa shape index (κ3) is 3.79. The van der Waals surface area contributed by atoms with E-state index in [1.807, 2.05) is 30.5 Å². The SMILES string of the molecule is OC1CCN(c2cc(-c3nc(Nc4cnccn4)cc4ccccc34)ccn2)CC1. The highest BCUT2D eigenvalue weighted by molar-refractivity contribution is 5.96. The summed E-state index contributed by atoms with van der Waals surface area (Å²) in [7, 11) is 0. The lowest BCUT2D eigenvalue weighted by Gasteiger charge is -2.30. The first-order chi connectivity index (χ1) is 14.8. The Bertz CT molecular complexity index is 1160. The molecule has 4 heterocycles. The number of nitrogens with zero attached hydrogens (tertiary/aromatic N) is 5. The molecule has 30 heavy (non-hydrogen) atoms. The molecule has 2 N–H and O–H groups in total. The Morgan fingerprint density at radius 3 is 2.63 bits per heavy atom. The number of benzene rings is 1. The maximum absolute atomic E-state index is 9.80. The second kappa shape index (κ2) is 8.04. The van der Waals surface area contributed by atoms with Crippen molar-refractivity contribution in [2.24, 2.45) is 0 Å². The lowest BCUT2D eigenvalue weighted by Crippen LogP contribution is -2.36. The summed E-state index contributed by atoms with van der Waals surface area (Å²) < 4.78 is 0. The third-order valence-electron chi connectivity index (χ3n) is 5.37. The number of piperidine rings is 1. The second-order valence-electron chi connectivity index (χ2n) is 7.41. The molecule has 1 aliphatic heterocycles. The van der Waals surface area contributed by atoms with Crippen LogP contribution in [-0.2, 0) is 0 Å².